The van der Waals surface area contributed by atoms with Crippen molar-refractivity contribution in [2.24, 2.45) is 5.92 Å². The van der Waals surface area contributed by atoms with Crippen LogP contribution in [0.1, 0.15) is 93.7 Å². The molecule has 6 heteroatoms. The molecule has 2 N–H and O–H groups in total. The number of hydrogen-bond acceptors (Lipinski definition) is 6. The molecule has 0 bridgehead atoms. The number of aliphatic hydroxyl groups is 2. The van der Waals surface area contributed by atoms with Crippen molar-refractivity contribution in [3.63, 3.8) is 0 Å². The minimum absolute atomic E-state index is 0.0555. The molecule has 1 saturated carbocycles. The van der Waals surface area contributed by atoms with Gasteiger partial charge in [0.2, 0.25) is 0 Å². The van der Waals surface area contributed by atoms with E-state index in [4.69, 9.17) is 9.47 Å². The first-order chi connectivity index (χ1) is 22.3. The van der Waals surface area contributed by atoms with Crippen LogP contribution in [-0.2, 0) is 25.5 Å². The summed E-state index contributed by atoms with van der Waals surface area (Å²) in [6.07, 6.45) is 11.7. The molecule has 246 valence electrons. The third-order valence-corrected chi connectivity index (χ3v) is 9.48. The Hall–Kier alpha value is -3.74. The highest BCUT2D eigenvalue weighted by atomic mass is 16.5. The van der Waals surface area contributed by atoms with Crippen molar-refractivity contribution >= 4 is 22.7 Å². The van der Waals surface area contributed by atoms with E-state index in [1.807, 2.05) is 18.2 Å². The van der Waals surface area contributed by atoms with Gasteiger partial charge < -0.3 is 19.7 Å². The van der Waals surface area contributed by atoms with Gasteiger partial charge in [0.15, 0.2) is 0 Å². The lowest BCUT2D eigenvalue weighted by Gasteiger charge is -2.29. The van der Waals surface area contributed by atoms with E-state index in [1.165, 1.54) is 73.6 Å². The largest absolute Gasteiger partial charge is 0.461 e. The Bertz CT molecular complexity index is 1480. The Morgan fingerprint density at radius 1 is 0.804 bits per heavy atom. The number of unbranched alkanes of at least 4 members (excludes halogenated alkanes) is 2. The molecule has 0 aliphatic heterocycles. The van der Waals surface area contributed by atoms with Gasteiger partial charge in [-0.25, -0.2) is 9.59 Å². The van der Waals surface area contributed by atoms with Crippen molar-refractivity contribution in [1.82, 2.24) is 0 Å². The van der Waals surface area contributed by atoms with E-state index >= 15 is 0 Å². The van der Waals surface area contributed by atoms with Crippen molar-refractivity contribution in [1.29, 1.82) is 0 Å². The summed E-state index contributed by atoms with van der Waals surface area (Å²) < 4.78 is 10.7. The molecule has 3 aromatic rings. The average molecular weight is 627 g/mol. The Kier molecular flexibility index (Phi) is 13.2. The molecule has 1 aliphatic rings. The van der Waals surface area contributed by atoms with Crippen molar-refractivity contribution < 1.29 is 29.3 Å². The van der Waals surface area contributed by atoms with Gasteiger partial charge in [0.25, 0.3) is 0 Å². The second kappa shape index (κ2) is 17.3. The quantitative estimate of drug-likeness (QED) is 0.0946. The van der Waals surface area contributed by atoms with Gasteiger partial charge in [-0.1, -0.05) is 101 Å². The van der Waals surface area contributed by atoms with Crippen molar-refractivity contribution in [3.8, 4) is 11.1 Å². The number of carbonyl (C=O) groups is 2. The van der Waals surface area contributed by atoms with Crippen LogP contribution in [0.15, 0.2) is 78.9 Å². The zero-order valence-electron chi connectivity index (χ0n) is 27.6. The van der Waals surface area contributed by atoms with E-state index in [9.17, 15) is 19.8 Å². The summed E-state index contributed by atoms with van der Waals surface area (Å²) in [7, 11) is 0. The molecule has 4 rings (SSSR count). The van der Waals surface area contributed by atoms with Crippen LogP contribution < -0.4 is 0 Å². The SMILES string of the molecule is C=C(CO)C(=O)OCC(COC(=O)C(=C)CO)c1ccc2cc(-c3ccc(C4CCC(CCCCC)CC4)cc3CC)ccc2c1. The van der Waals surface area contributed by atoms with E-state index < -0.39 is 31.1 Å². The predicted octanol–water partition coefficient (Wildman–Crippen LogP) is 8.19. The molecule has 0 aromatic heterocycles. The van der Waals surface area contributed by atoms with E-state index in [0.717, 1.165) is 28.7 Å². The van der Waals surface area contributed by atoms with Gasteiger partial charge in [-0.05, 0) is 88.6 Å². The van der Waals surface area contributed by atoms with Crippen LogP contribution in [0.3, 0.4) is 0 Å². The summed E-state index contributed by atoms with van der Waals surface area (Å²) in [5.41, 5.74) is 6.00. The summed E-state index contributed by atoms with van der Waals surface area (Å²) in [5.74, 6) is -0.329. The maximum absolute atomic E-state index is 12.2. The standard InChI is InChI=1S/C40H50O6/c1-5-7-8-9-29-10-12-31(13-11-29)32-18-19-38(30(6-2)20-32)36-17-16-33-21-35(15-14-34(33)22-36)37(25-45-39(43)27(3)23-41)26-46-40(44)28(4)24-42/h14-22,29,31,37,41-42H,3-13,23-26H2,1-2H3. The van der Waals surface area contributed by atoms with Crippen LogP contribution in [0.25, 0.3) is 21.9 Å². The number of aliphatic hydroxyl groups excluding tert-OH is 2. The number of aryl methyl sites for hydroxylation is 1. The monoisotopic (exact) mass is 626 g/mol. The van der Waals surface area contributed by atoms with Gasteiger partial charge in [0.1, 0.15) is 13.2 Å². The van der Waals surface area contributed by atoms with E-state index in [0.29, 0.717) is 5.92 Å². The van der Waals surface area contributed by atoms with Gasteiger partial charge in [0, 0.05) is 0 Å². The van der Waals surface area contributed by atoms with Gasteiger partial charge >= 0.3 is 11.9 Å². The fourth-order valence-corrected chi connectivity index (χ4v) is 6.52. The Balaban J connectivity index is 1.51. The lowest BCUT2D eigenvalue weighted by Crippen LogP contribution is -2.21. The summed E-state index contributed by atoms with van der Waals surface area (Å²) in [5, 5.41) is 20.5. The molecule has 0 heterocycles. The summed E-state index contributed by atoms with van der Waals surface area (Å²) in [6.45, 7) is 10.4. The molecular formula is C40H50O6. The van der Waals surface area contributed by atoms with Crippen LogP contribution in [0, 0.1) is 5.92 Å². The smallest absolute Gasteiger partial charge is 0.335 e. The number of ether oxygens (including phenoxy) is 2. The predicted molar refractivity (Wildman–Crippen MR) is 185 cm³/mol. The summed E-state index contributed by atoms with van der Waals surface area (Å²) >= 11 is 0. The Morgan fingerprint density at radius 3 is 2.04 bits per heavy atom. The molecule has 6 nitrogen and oxygen atoms in total. The normalized spacial score (nSPS) is 16.4. The van der Waals surface area contributed by atoms with Crippen LogP contribution in [0.4, 0.5) is 0 Å². The highest BCUT2D eigenvalue weighted by molar-refractivity contribution is 5.89. The number of esters is 2. The third kappa shape index (κ3) is 9.17. The maximum Gasteiger partial charge on any atom is 0.335 e. The fraction of sp³-hybridized carbons (Fsp3) is 0.450. The fourth-order valence-electron chi connectivity index (χ4n) is 6.52. The molecule has 3 aromatic carbocycles. The number of carbonyl (C=O) groups excluding carboxylic acids is 2. The highest BCUT2D eigenvalue weighted by Crippen LogP contribution is 2.39. The lowest BCUT2D eigenvalue weighted by molar-refractivity contribution is -0.142. The molecule has 1 fully saturated rings. The molecule has 0 atom stereocenters. The molecule has 46 heavy (non-hydrogen) atoms. The Morgan fingerprint density at radius 2 is 1.43 bits per heavy atom. The number of fused-ring (bicyclic) bond motifs is 1. The molecule has 0 amide bonds. The number of hydrogen-bond donors (Lipinski definition) is 2. The highest BCUT2D eigenvalue weighted by Gasteiger charge is 2.23. The zero-order chi connectivity index (χ0) is 33.1. The molecule has 0 radical (unpaired) electrons. The van der Waals surface area contributed by atoms with Crippen LogP contribution in [0.2, 0.25) is 0 Å². The Labute approximate surface area is 274 Å². The van der Waals surface area contributed by atoms with Crippen molar-refractivity contribution in [2.75, 3.05) is 26.4 Å². The van der Waals surface area contributed by atoms with Crippen molar-refractivity contribution in [2.45, 2.75) is 83.5 Å². The first-order valence-electron chi connectivity index (χ1n) is 16.9. The summed E-state index contributed by atoms with van der Waals surface area (Å²) in [4.78, 5) is 24.3. The molecular weight excluding hydrogens is 576 g/mol. The molecule has 0 saturated heterocycles. The lowest BCUT2D eigenvalue weighted by atomic mass is 9.76. The van der Waals surface area contributed by atoms with Gasteiger partial charge in [-0.2, -0.15) is 0 Å². The average Bonchev–Trinajstić information content (AvgIpc) is 3.10. The topological polar surface area (TPSA) is 93.1 Å². The van der Waals surface area contributed by atoms with Crippen molar-refractivity contribution in [3.05, 3.63) is 95.6 Å². The van der Waals surface area contributed by atoms with Gasteiger partial charge in [0.05, 0.1) is 30.3 Å². The molecule has 1 aliphatic carbocycles. The van der Waals surface area contributed by atoms with Gasteiger partial charge in [-0.3, -0.25) is 0 Å². The number of rotatable bonds is 16. The second-order valence-electron chi connectivity index (χ2n) is 12.7. The number of benzene rings is 3. The van der Waals surface area contributed by atoms with Gasteiger partial charge in [-0.15, -0.1) is 0 Å². The summed E-state index contributed by atoms with van der Waals surface area (Å²) in [6, 6.07) is 19.5. The zero-order valence-corrected chi connectivity index (χ0v) is 27.6. The minimum Gasteiger partial charge on any atom is -0.461 e. The molecule has 0 unspecified atom stereocenters. The van der Waals surface area contributed by atoms with Crippen LogP contribution in [-0.4, -0.2) is 48.6 Å². The van der Waals surface area contributed by atoms with Crippen LogP contribution >= 0.6 is 0 Å². The third-order valence-electron chi connectivity index (χ3n) is 9.48. The first kappa shape index (κ1) is 35.1. The molecule has 0 spiro atoms. The van der Waals surface area contributed by atoms with E-state index in [1.54, 1.807) is 0 Å². The van der Waals surface area contributed by atoms with E-state index in [2.05, 4.69) is 63.4 Å². The second-order valence-corrected chi connectivity index (χ2v) is 12.7. The van der Waals surface area contributed by atoms with E-state index in [-0.39, 0.29) is 24.4 Å². The van der Waals surface area contributed by atoms with Crippen LogP contribution in [0.5, 0.6) is 0 Å². The first-order valence-corrected chi connectivity index (χ1v) is 16.9. The maximum atomic E-state index is 12.2. The minimum atomic E-state index is -0.711.